The fraction of sp³-hybridized carbons (Fsp3) is 0.375. The molecule has 1 aliphatic heterocycles. The summed E-state index contributed by atoms with van der Waals surface area (Å²) in [6, 6.07) is 8.25. The van der Waals surface area contributed by atoms with Crippen LogP contribution in [-0.2, 0) is 19.6 Å². The van der Waals surface area contributed by atoms with Gasteiger partial charge in [0.05, 0.1) is 0 Å². The lowest BCUT2D eigenvalue weighted by Gasteiger charge is -2.05. The smallest absolute Gasteiger partial charge is 0.272 e. The minimum absolute atomic E-state index is 0. The van der Waals surface area contributed by atoms with Gasteiger partial charge in [0.25, 0.3) is 5.91 Å². The number of amides is 1. The second-order valence-electron chi connectivity index (χ2n) is 5.87. The predicted octanol–water partition coefficient (Wildman–Crippen LogP) is 2.24. The second kappa shape index (κ2) is 6.10. The van der Waals surface area contributed by atoms with Gasteiger partial charge >= 0.3 is 0 Å². The molecule has 1 aromatic carbocycles. The van der Waals surface area contributed by atoms with Crippen molar-refractivity contribution in [3.05, 3.63) is 52.3 Å². The molecule has 0 bridgehead atoms. The summed E-state index contributed by atoms with van der Waals surface area (Å²) in [6.07, 6.45) is 2.40. The molecule has 0 unspecified atom stereocenters. The molecule has 1 saturated carbocycles. The van der Waals surface area contributed by atoms with E-state index >= 15 is 0 Å². The number of fused-ring (bicyclic) bond motifs is 1. The molecule has 6 heteroatoms. The van der Waals surface area contributed by atoms with E-state index in [4.69, 9.17) is 0 Å². The first-order chi connectivity index (χ1) is 10.3. The van der Waals surface area contributed by atoms with Crippen molar-refractivity contribution in [1.82, 2.24) is 20.8 Å². The fourth-order valence-corrected chi connectivity index (χ4v) is 2.79. The first-order valence-corrected chi connectivity index (χ1v) is 7.44. The maximum Gasteiger partial charge on any atom is 0.272 e. The highest BCUT2D eigenvalue weighted by molar-refractivity contribution is 5.92. The zero-order valence-electron chi connectivity index (χ0n) is 12.2. The van der Waals surface area contributed by atoms with Gasteiger partial charge in [0.2, 0.25) is 0 Å². The number of hydrogen-bond acceptors (Lipinski definition) is 3. The molecule has 4 rings (SSSR count). The van der Waals surface area contributed by atoms with E-state index in [1.165, 1.54) is 24.0 Å². The number of rotatable bonds is 4. The second-order valence-corrected chi connectivity index (χ2v) is 5.87. The zero-order valence-corrected chi connectivity index (χ0v) is 13.0. The SMILES string of the molecule is Cl.O=C(NCc1ccc2c(c1)CNC2)c1cc(C2CC2)[nH]n1. The Bertz CT molecular complexity index is 693. The first kappa shape index (κ1) is 15.1. The Morgan fingerprint density at radius 3 is 2.86 bits per heavy atom. The van der Waals surface area contributed by atoms with Crippen molar-refractivity contribution in [1.29, 1.82) is 0 Å². The molecule has 0 spiro atoms. The van der Waals surface area contributed by atoms with Crippen LogP contribution in [0.4, 0.5) is 0 Å². The molecule has 2 aliphatic rings. The number of carbonyl (C=O) groups is 1. The molecule has 116 valence electrons. The van der Waals surface area contributed by atoms with Gasteiger partial charge in [-0.25, -0.2) is 0 Å². The van der Waals surface area contributed by atoms with Crippen molar-refractivity contribution >= 4 is 18.3 Å². The number of hydrogen-bond donors (Lipinski definition) is 3. The van der Waals surface area contributed by atoms with E-state index < -0.39 is 0 Å². The third-order valence-electron chi connectivity index (χ3n) is 4.20. The Hall–Kier alpha value is -1.85. The minimum Gasteiger partial charge on any atom is -0.347 e. The normalized spacial score (nSPS) is 16.0. The lowest BCUT2D eigenvalue weighted by atomic mass is 10.1. The molecule has 2 aromatic rings. The minimum atomic E-state index is -0.114. The van der Waals surface area contributed by atoms with E-state index in [1.807, 2.05) is 6.07 Å². The van der Waals surface area contributed by atoms with E-state index in [0.717, 1.165) is 24.3 Å². The van der Waals surface area contributed by atoms with Crippen molar-refractivity contribution < 1.29 is 4.79 Å². The summed E-state index contributed by atoms with van der Waals surface area (Å²) in [5.41, 5.74) is 5.39. The Kier molecular flexibility index (Phi) is 4.18. The molecule has 0 saturated heterocycles. The molecule has 0 atom stereocenters. The van der Waals surface area contributed by atoms with Gasteiger partial charge in [-0.1, -0.05) is 18.2 Å². The molecule has 2 heterocycles. The number of nitrogens with one attached hydrogen (secondary N) is 3. The lowest BCUT2D eigenvalue weighted by Crippen LogP contribution is -2.23. The van der Waals surface area contributed by atoms with Crippen LogP contribution in [0.2, 0.25) is 0 Å². The Morgan fingerprint density at radius 1 is 1.23 bits per heavy atom. The number of benzene rings is 1. The lowest BCUT2D eigenvalue weighted by molar-refractivity contribution is 0.0946. The van der Waals surface area contributed by atoms with Crippen LogP contribution in [0.15, 0.2) is 24.3 Å². The summed E-state index contributed by atoms with van der Waals surface area (Å²) >= 11 is 0. The Labute approximate surface area is 135 Å². The predicted molar refractivity (Wildman–Crippen MR) is 86.0 cm³/mol. The van der Waals surface area contributed by atoms with Gasteiger partial charge in [-0.3, -0.25) is 9.89 Å². The van der Waals surface area contributed by atoms with Gasteiger partial charge in [0.1, 0.15) is 5.69 Å². The monoisotopic (exact) mass is 318 g/mol. The zero-order chi connectivity index (χ0) is 14.2. The third-order valence-corrected chi connectivity index (χ3v) is 4.20. The molecular weight excluding hydrogens is 300 g/mol. The van der Waals surface area contributed by atoms with E-state index in [-0.39, 0.29) is 18.3 Å². The molecule has 1 aliphatic carbocycles. The Balaban J connectivity index is 0.00000144. The van der Waals surface area contributed by atoms with Crippen LogP contribution in [0.5, 0.6) is 0 Å². The van der Waals surface area contributed by atoms with E-state index in [2.05, 4.69) is 39.0 Å². The van der Waals surface area contributed by atoms with Crippen LogP contribution in [0.25, 0.3) is 0 Å². The average molecular weight is 319 g/mol. The Morgan fingerprint density at radius 2 is 2.05 bits per heavy atom. The molecule has 5 nitrogen and oxygen atoms in total. The van der Waals surface area contributed by atoms with Gasteiger partial charge < -0.3 is 10.6 Å². The maximum absolute atomic E-state index is 12.1. The fourth-order valence-electron chi connectivity index (χ4n) is 2.79. The van der Waals surface area contributed by atoms with Crippen LogP contribution in [0, 0.1) is 0 Å². The quantitative estimate of drug-likeness (QED) is 0.809. The standard InChI is InChI=1S/C16H18N4O.ClH/c21-16(15-6-14(19-20-15)11-3-4-11)18-7-10-1-2-12-8-17-9-13(12)5-10;/h1-2,5-6,11,17H,3-4,7-9H2,(H,18,21)(H,19,20);1H. The van der Waals surface area contributed by atoms with E-state index in [0.29, 0.717) is 18.2 Å². The van der Waals surface area contributed by atoms with Crippen molar-refractivity contribution in [3.8, 4) is 0 Å². The maximum atomic E-state index is 12.1. The van der Waals surface area contributed by atoms with Crippen LogP contribution < -0.4 is 10.6 Å². The van der Waals surface area contributed by atoms with Gasteiger partial charge in [-0.2, -0.15) is 5.10 Å². The summed E-state index contributed by atoms with van der Waals surface area (Å²) in [6.45, 7) is 2.40. The third kappa shape index (κ3) is 3.00. The number of aromatic nitrogens is 2. The molecule has 3 N–H and O–H groups in total. The molecule has 22 heavy (non-hydrogen) atoms. The summed E-state index contributed by atoms with van der Waals surface area (Å²) in [7, 11) is 0. The van der Waals surface area contributed by atoms with Crippen molar-refractivity contribution in [2.24, 2.45) is 0 Å². The van der Waals surface area contributed by atoms with Crippen LogP contribution in [0.3, 0.4) is 0 Å². The van der Waals surface area contributed by atoms with Crippen LogP contribution in [0.1, 0.15) is 51.6 Å². The van der Waals surface area contributed by atoms with Gasteiger partial charge in [-0.15, -0.1) is 12.4 Å². The molecule has 1 amide bonds. The van der Waals surface area contributed by atoms with E-state index in [9.17, 15) is 4.79 Å². The van der Waals surface area contributed by atoms with Gasteiger partial charge in [0, 0.05) is 31.2 Å². The van der Waals surface area contributed by atoms with Crippen molar-refractivity contribution in [2.45, 2.75) is 38.4 Å². The number of halogens is 1. The number of nitrogens with zero attached hydrogens (tertiary/aromatic N) is 1. The summed E-state index contributed by atoms with van der Waals surface area (Å²) in [5, 5.41) is 13.3. The highest BCUT2D eigenvalue weighted by Crippen LogP contribution is 2.38. The van der Waals surface area contributed by atoms with Crippen LogP contribution >= 0.6 is 12.4 Å². The molecule has 1 fully saturated rings. The number of H-pyrrole nitrogens is 1. The average Bonchev–Trinajstić information content (AvgIpc) is 3.05. The molecule has 1 aromatic heterocycles. The van der Waals surface area contributed by atoms with Crippen molar-refractivity contribution in [2.75, 3.05) is 0 Å². The summed E-state index contributed by atoms with van der Waals surface area (Å²) < 4.78 is 0. The molecular formula is C16H19ClN4O. The summed E-state index contributed by atoms with van der Waals surface area (Å²) in [4.78, 5) is 12.1. The van der Waals surface area contributed by atoms with Crippen molar-refractivity contribution in [3.63, 3.8) is 0 Å². The topological polar surface area (TPSA) is 69.8 Å². The highest BCUT2D eigenvalue weighted by atomic mass is 35.5. The summed E-state index contributed by atoms with van der Waals surface area (Å²) in [5.74, 6) is 0.472. The number of carbonyl (C=O) groups excluding carboxylic acids is 1. The van der Waals surface area contributed by atoms with Gasteiger partial charge in [0.15, 0.2) is 0 Å². The van der Waals surface area contributed by atoms with E-state index in [1.54, 1.807) is 0 Å². The molecule has 0 radical (unpaired) electrons. The first-order valence-electron chi connectivity index (χ1n) is 7.44. The van der Waals surface area contributed by atoms with Crippen LogP contribution in [-0.4, -0.2) is 16.1 Å². The largest absolute Gasteiger partial charge is 0.347 e. The highest BCUT2D eigenvalue weighted by Gasteiger charge is 2.26. The number of aromatic amines is 1. The van der Waals surface area contributed by atoms with Gasteiger partial charge in [-0.05, 0) is 35.6 Å².